The third-order valence-corrected chi connectivity index (χ3v) is 6.14. The summed E-state index contributed by atoms with van der Waals surface area (Å²) in [6.07, 6.45) is -10.5. The first-order valence-corrected chi connectivity index (χ1v) is 10.2. The van der Waals surface area contributed by atoms with Crippen LogP contribution >= 0.6 is 0 Å². The van der Waals surface area contributed by atoms with Gasteiger partial charge in [0.25, 0.3) is 0 Å². The molecule has 0 saturated carbocycles. The van der Waals surface area contributed by atoms with Crippen LogP contribution in [0.4, 0.5) is 26.3 Å². The summed E-state index contributed by atoms with van der Waals surface area (Å²) in [7, 11) is -4.25. The van der Waals surface area contributed by atoms with Crippen molar-refractivity contribution in [3.05, 3.63) is 53.1 Å². The van der Waals surface area contributed by atoms with Gasteiger partial charge in [0.1, 0.15) is 0 Å². The van der Waals surface area contributed by atoms with Gasteiger partial charge in [0.15, 0.2) is 9.84 Å². The molecule has 2 aromatic rings. The Hall–Kier alpha value is -2.56. The van der Waals surface area contributed by atoms with Crippen molar-refractivity contribution in [2.24, 2.45) is 0 Å². The van der Waals surface area contributed by atoms with Gasteiger partial charge in [-0.1, -0.05) is 19.1 Å². The second-order valence-corrected chi connectivity index (χ2v) is 8.62. The molecule has 0 bridgehead atoms. The van der Waals surface area contributed by atoms with E-state index in [4.69, 9.17) is 5.11 Å². The molecule has 1 N–H and O–H groups in total. The first-order chi connectivity index (χ1) is 13.7. The Morgan fingerprint density at radius 2 is 1.60 bits per heavy atom. The molecule has 0 aromatic heterocycles. The SMILES string of the molecule is CCS(=O)(=O)c1ccc(-c2cc(C(F)(F)F)ccc2CCC(=O)O)cc1C(F)(F)F. The van der Waals surface area contributed by atoms with Crippen LogP contribution in [0, 0.1) is 0 Å². The van der Waals surface area contributed by atoms with Crippen molar-refractivity contribution < 1.29 is 44.7 Å². The Morgan fingerprint density at radius 3 is 2.10 bits per heavy atom. The van der Waals surface area contributed by atoms with Crippen LogP contribution in [-0.4, -0.2) is 25.2 Å². The third-order valence-electron chi connectivity index (χ3n) is 4.36. The molecule has 164 valence electrons. The number of hydrogen-bond donors (Lipinski definition) is 1. The van der Waals surface area contributed by atoms with Gasteiger partial charge in [0.2, 0.25) is 0 Å². The summed E-state index contributed by atoms with van der Waals surface area (Å²) in [5.74, 6) is -1.83. The monoisotopic (exact) mass is 454 g/mol. The quantitative estimate of drug-likeness (QED) is 0.609. The lowest BCUT2D eigenvalue weighted by molar-refractivity contribution is -0.140. The summed E-state index contributed by atoms with van der Waals surface area (Å²) >= 11 is 0. The number of sulfone groups is 1. The zero-order valence-electron chi connectivity index (χ0n) is 15.4. The summed E-state index contributed by atoms with van der Waals surface area (Å²) in [6.45, 7) is 1.17. The van der Waals surface area contributed by atoms with Crippen LogP contribution in [0.3, 0.4) is 0 Å². The van der Waals surface area contributed by atoms with Gasteiger partial charge in [-0.2, -0.15) is 26.3 Å². The molecule has 0 fully saturated rings. The molecule has 2 rings (SSSR count). The van der Waals surface area contributed by atoms with Crippen molar-refractivity contribution in [1.29, 1.82) is 0 Å². The Bertz CT molecular complexity index is 1060. The summed E-state index contributed by atoms with van der Waals surface area (Å²) in [4.78, 5) is 9.85. The molecule has 0 heterocycles. The smallest absolute Gasteiger partial charge is 0.417 e. The highest BCUT2D eigenvalue weighted by Gasteiger charge is 2.37. The summed E-state index contributed by atoms with van der Waals surface area (Å²) in [6, 6.07) is 4.51. The molecule has 0 aliphatic heterocycles. The molecular weight excluding hydrogens is 438 g/mol. The van der Waals surface area contributed by atoms with Crippen LogP contribution in [0.25, 0.3) is 11.1 Å². The van der Waals surface area contributed by atoms with E-state index >= 15 is 0 Å². The van der Waals surface area contributed by atoms with Crippen molar-refractivity contribution in [3.8, 4) is 11.1 Å². The molecule has 30 heavy (non-hydrogen) atoms. The normalized spacial score (nSPS) is 12.8. The average Bonchev–Trinajstić information content (AvgIpc) is 2.64. The fourth-order valence-corrected chi connectivity index (χ4v) is 3.92. The van der Waals surface area contributed by atoms with E-state index in [0.29, 0.717) is 24.3 Å². The minimum Gasteiger partial charge on any atom is -0.481 e. The Balaban J connectivity index is 2.76. The highest BCUT2D eigenvalue weighted by atomic mass is 32.2. The standard InChI is InChI=1S/C19H16F6O4S/c1-2-30(28,29)16-7-4-12(9-15(16)19(23,24)25)14-10-13(18(20,21)22)6-3-11(14)5-8-17(26)27/h3-4,6-7,9-10H,2,5,8H2,1H3,(H,26,27). The maximum atomic E-state index is 13.5. The van der Waals surface area contributed by atoms with Crippen molar-refractivity contribution in [3.63, 3.8) is 0 Å². The van der Waals surface area contributed by atoms with E-state index in [0.717, 1.165) is 12.1 Å². The molecule has 0 aliphatic carbocycles. The zero-order valence-corrected chi connectivity index (χ0v) is 16.2. The molecule has 0 spiro atoms. The lowest BCUT2D eigenvalue weighted by atomic mass is 9.93. The maximum absolute atomic E-state index is 13.5. The number of carboxylic acids is 1. The number of alkyl halides is 6. The van der Waals surface area contributed by atoms with Gasteiger partial charge < -0.3 is 5.11 Å². The Labute approximate surface area is 168 Å². The van der Waals surface area contributed by atoms with Gasteiger partial charge in [0.05, 0.1) is 21.8 Å². The summed E-state index contributed by atoms with van der Waals surface area (Å²) in [5.41, 5.74) is -3.09. The predicted molar refractivity (Wildman–Crippen MR) is 95.6 cm³/mol. The number of aliphatic carboxylic acids is 1. The summed E-state index contributed by atoms with van der Waals surface area (Å²) in [5, 5.41) is 8.83. The van der Waals surface area contributed by atoms with Crippen LogP contribution in [0.15, 0.2) is 41.3 Å². The first kappa shape index (κ1) is 23.7. The highest BCUT2D eigenvalue weighted by Crippen LogP contribution is 2.39. The van der Waals surface area contributed by atoms with E-state index in [1.807, 2.05) is 0 Å². The van der Waals surface area contributed by atoms with Crippen LogP contribution < -0.4 is 0 Å². The second-order valence-electron chi connectivity index (χ2n) is 6.38. The van der Waals surface area contributed by atoms with Crippen LogP contribution in [0.5, 0.6) is 0 Å². The number of aryl methyl sites for hydroxylation is 1. The van der Waals surface area contributed by atoms with E-state index in [-0.39, 0.29) is 23.1 Å². The van der Waals surface area contributed by atoms with Gasteiger partial charge >= 0.3 is 18.3 Å². The molecule has 0 amide bonds. The largest absolute Gasteiger partial charge is 0.481 e. The molecule has 0 atom stereocenters. The van der Waals surface area contributed by atoms with E-state index in [2.05, 4.69) is 0 Å². The number of hydrogen-bond acceptors (Lipinski definition) is 3. The number of halogens is 6. The number of rotatable bonds is 6. The molecule has 11 heteroatoms. The van der Waals surface area contributed by atoms with Crippen molar-refractivity contribution in [1.82, 2.24) is 0 Å². The average molecular weight is 454 g/mol. The van der Waals surface area contributed by atoms with Crippen LogP contribution in [0.1, 0.15) is 30.0 Å². The minimum absolute atomic E-state index is 0.0876. The molecule has 2 aromatic carbocycles. The number of benzene rings is 2. The van der Waals surface area contributed by atoms with Crippen molar-refractivity contribution in [2.75, 3.05) is 5.75 Å². The molecule has 0 aliphatic rings. The Kier molecular flexibility index (Phi) is 6.55. The molecule has 0 saturated heterocycles. The lowest BCUT2D eigenvalue weighted by Gasteiger charge is -2.17. The number of carboxylic acid groups (broad SMARTS) is 1. The molecular formula is C19H16F6O4S. The van der Waals surface area contributed by atoms with Gasteiger partial charge in [-0.15, -0.1) is 0 Å². The van der Waals surface area contributed by atoms with Gasteiger partial charge in [0, 0.05) is 6.42 Å². The zero-order chi connectivity index (χ0) is 22.9. The van der Waals surface area contributed by atoms with Crippen molar-refractivity contribution in [2.45, 2.75) is 37.0 Å². The van der Waals surface area contributed by atoms with E-state index < -0.39 is 56.4 Å². The third kappa shape index (κ3) is 5.32. The fourth-order valence-electron chi connectivity index (χ4n) is 2.83. The summed E-state index contributed by atoms with van der Waals surface area (Å²) < 4.78 is 104. The van der Waals surface area contributed by atoms with Crippen molar-refractivity contribution >= 4 is 15.8 Å². The Morgan fingerprint density at radius 1 is 0.967 bits per heavy atom. The predicted octanol–water partition coefficient (Wildman–Crippen LogP) is 5.20. The lowest BCUT2D eigenvalue weighted by Crippen LogP contribution is -2.15. The maximum Gasteiger partial charge on any atom is 0.417 e. The second kappa shape index (κ2) is 8.29. The number of carbonyl (C=O) groups is 1. The van der Waals surface area contributed by atoms with Gasteiger partial charge in [-0.05, 0) is 47.4 Å². The van der Waals surface area contributed by atoms with E-state index in [1.165, 1.54) is 6.92 Å². The van der Waals surface area contributed by atoms with E-state index in [9.17, 15) is 39.6 Å². The fraction of sp³-hybridized carbons (Fsp3) is 0.316. The molecule has 0 radical (unpaired) electrons. The highest BCUT2D eigenvalue weighted by molar-refractivity contribution is 7.91. The van der Waals surface area contributed by atoms with Crippen LogP contribution in [-0.2, 0) is 33.4 Å². The topological polar surface area (TPSA) is 71.4 Å². The molecule has 4 nitrogen and oxygen atoms in total. The minimum atomic E-state index is -5.07. The van der Waals surface area contributed by atoms with Crippen LogP contribution in [0.2, 0.25) is 0 Å². The van der Waals surface area contributed by atoms with Gasteiger partial charge in [-0.25, -0.2) is 8.42 Å². The van der Waals surface area contributed by atoms with E-state index in [1.54, 1.807) is 0 Å². The first-order valence-electron chi connectivity index (χ1n) is 8.53. The molecule has 0 unspecified atom stereocenters. The van der Waals surface area contributed by atoms with Gasteiger partial charge in [-0.3, -0.25) is 4.79 Å².